The highest BCUT2D eigenvalue weighted by Crippen LogP contribution is 2.34. The largest absolute Gasteiger partial charge is 0.394 e. The molecule has 5 rings (SSSR count). The lowest BCUT2D eigenvalue weighted by Gasteiger charge is -2.48. The van der Waals surface area contributed by atoms with Crippen molar-refractivity contribution in [3.8, 4) is 0 Å². The zero-order chi connectivity index (χ0) is 41.3. The molecule has 25 atom stereocenters. The van der Waals surface area contributed by atoms with E-state index in [1.165, 1.54) is 0 Å². The standard InChI is InChI=1S/C30H52O26/c31-1-6-11(35)14(38)19(43)28(50-6)54-23-8(3-33)52-27(21(45)17(23)41)48-5-10-13(37)16(40)25(26(47)49-10)56-30-22(46)18(42)24(9(4-34)53-30)55-29-20(44)15(39)12(36)7(2-32)51-29/h6-47H,1-5H2/t6-,7-,8-,9-,10-,11+,12+,13-,14+,15+,16+,17+,18-,19-,20-,21-,22-,23-,24-,25+,26?,27-,28+,29+,30+/m1/s1. The van der Waals surface area contributed by atoms with Gasteiger partial charge in [0, 0.05) is 0 Å². The maximum Gasteiger partial charge on any atom is 0.187 e. The topological polar surface area (TPSA) is 427 Å². The van der Waals surface area contributed by atoms with Crippen molar-refractivity contribution in [2.24, 2.45) is 0 Å². The van der Waals surface area contributed by atoms with Gasteiger partial charge in [-0.05, 0) is 0 Å². The van der Waals surface area contributed by atoms with E-state index in [0.29, 0.717) is 0 Å². The molecule has 328 valence electrons. The average molecular weight is 829 g/mol. The number of aliphatic hydroxyl groups excluding tert-OH is 17. The molecular formula is C30H52O26. The molecule has 0 bridgehead atoms. The van der Waals surface area contributed by atoms with Crippen molar-refractivity contribution in [3.63, 3.8) is 0 Å². The van der Waals surface area contributed by atoms with Gasteiger partial charge in [-0.2, -0.15) is 0 Å². The van der Waals surface area contributed by atoms with E-state index in [9.17, 15) is 86.8 Å². The molecule has 1 unspecified atom stereocenters. The summed E-state index contributed by atoms with van der Waals surface area (Å²) in [6.45, 7) is -4.18. The van der Waals surface area contributed by atoms with E-state index in [-0.39, 0.29) is 0 Å². The predicted molar refractivity (Wildman–Crippen MR) is 167 cm³/mol. The molecule has 0 aromatic carbocycles. The summed E-state index contributed by atoms with van der Waals surface area (Å²) in [5.74, 6) is 0. The van der Waals surface area contributed by atoms with Crippen LogP contribution in [0.2, 0.25) is 0 Å². The Balaban J connectivity index is 1.16. The Bertz CT molecular complexity index is 1200. The Kier molecular flexibility index (Phi) is 16.1. The fraction of sp³-hybridized carbons (Fsp3) is 1.00. The maximum absolute atomic E-state index is 10.9. The molecule has 0 aromatic heterocycles. The monoisotopic (exact) mass is 828 g/mol. The van der Waals surface area contributed by atoms with E-state index in [0.717, 1.165) is 0 Å². The average Bonchev–Trinajstić information content (AvgIpc) is 3.19. The zero-order valence-corrected chi connectivity index (χ0v) is 29.2. The second-order valence-electron chi connectivity index (χ2n) is 14.0. The molecular weight excluding hydrogens is 776 g/mol. The minimum Gasteiger partial charge on any atom is -0.394 e. The molecule has 0 saturated carbocycles. The fourth-order valence-electron chi connectivity index (χ4n) is 6.91. The van der Waals surface area contributed by atoms with Crippen LogP contribution in [-0.4, -0.2) is 273 Å². The first-order valence-electron chi connectivity index (χ1n) is 17.6. The molecule has 0 amide bonds. The SMILES string of the molecule is OC[C@H]1O[C@@H](O[C@H]2[C@H](O)[C@@H](O)[C@H](O[C@@H]3C(O)O[C@H](CO[C@@H]4O[C@H](CO)[C@@H](O[C@@H]5O[C@H](CO)[C@H](O)[C@H](O)[C@H]5O)[C@@H](O)[C@H]4O)[C@@H](O)[C@@H]3O)O[C@@H]2CO)[C@H](O)[C@@H](O)[C@H]1O. The molecule has 26 heteroatoms. The van der Waals surface area contributed by atoms with Gasteiger partial charge >= 0.3 is 0 Å². The summed E-state index contributed by atoms with van der Waals surface area (Å²) in [5, 5.41) is 175. The van der Waals surface area contributed by atoms with Crippen LogP contribution in [-0.2, 0) is 42.6 Å². The number of rotatable bonds is 13. The summed E-state index contributed by atoms with van der Waals surface area (Å²) < 4.78 is 48.6. The van der Waals surface area contributed by atoms with Crippen LogP contribution in [0.25, 0.3) is 0 Å². The van der Waals surface area contributed by atoms with Crippen molar-refractivity contribution in [1.29, 1.82) is 0 Å². The third-order valence-electron chi connectivity index (χ3n) is 10.3. The Morgan fingerprint density at radius 2 is 0.625 bits per heavy atom. The summed E-state index contributed by atoms with van der Waals surface area (Å²) in [4.78, 5) is 0. The van der Waals surface area contributed by atoms with E-state index in [1.807, 2.05) is 0 Å². The molecule has 17 N–H and O–H groups in total. The van der Waals surface area contributed by atoms with E-state index < -0.39 is 187 Å². The Morgan fingerprint density at radius 1 is 0.304 bits per heavy atom. The van der Waals surface area contributed by atoms with E-state index in [2.05, 4.69) is 0 Å². The minimum absolute atomic E-state index is 0.766. The first kappa shape index (κ1) is 46.0. The maximum atomic E-state index is 10.9. The van der Waals surface area contributed by atoms with Gasteiger partial charge in [0.25, 0.3) is 0 Å². The molecule has 5 heterocycles. The van der Waals surface area contributed by atoms with Crippen molar-refractivity contribution >= 4 is 0 Å². The third kappa shape index (κ3) is 9.31. The first-order chi connectivity index (χ1) is 26.5. The van der Waals surface area contributed by atoms with Crippen LogP contribution in [0.5, 0.6) is 0 Å². The number of ether oxygens (including phenoxy) is 9. The van der Waals surface area contributed by atoms with Crippen molar-refractivity contribution in [3.05, 3.63) is 0 Å². The van der Waals surface area contributed by atoms with Gasteiger partial charge in [0.1, 0.15) is 122 Å². The quantitative estimate of drug-likeness (QED) is 0.0819. The first-order valence-corrected chi connectivity index (χ1v) is 17.6. The Labute approximate surface area is 316 Å². The van der Waals surface area contributed by atoms with Crippen LogP contribution >= 0.6 is 0 Å². The summed E-state index contributed by atoms with van der Waals surface area (Å²) in [5.41, 5.74) is 0. The Morgan fingerprint density at radius 3 is 1.05 bits per heavy atom. The third-order valence-corrected chi connectivity index (χ3v) is 10.3. The lowest BCUT2D eigenvalue weighted by molar-refractivity contribution is -0.384. The van der Waals surface area contributed by atoms with Gasteiger partial charge in [0.2, 0.25) is 0 Å². The minimum atomic E-state index is -2.12. The van der Waals surface area contributed by atoms with Gasteiger partial charge in [0.05, 0.1) is 33.0 Å². The molecule has 26 nitrogen and oxygen atoms in total. The van der Waals surface area contributed by atoms with Crippen LogP contribution in [0.15, 0.2) is 0 Å². The normalized spacial score (nSPS) is 53.2. The molecule has 5 fully saturated rings. The van der Waals surface area contributed by atoms with Crippen LogP contribution in [0.3, 0.4) is 0 Å². The highest BCUT2D eigenvalue weighted by atomic mass is 16.8. The molecule has 0 aromatic rings. The zero-order valence-electron chi connectivity index (χ0n) is 29.2. The lowest BCUT2D eigenvalue weighted by atomic mass is 9.96. The number of hydrogen-bond acceptors (Lipinski definition) is 26. The smallest absolute Gasteiger partial charge is 0.187 e. The molecule has 56 heavy (non-hydrogen) atoms. The van der Waals surface area contributed by atoms with Gasteiger partial charge in [-0.25, -0.2) is 0 Å². The molecule has 0 aliphatic carbocycles. The van der Waals surface area contributed by atoms with Crippen LogP contribution in [0.4, 0.5) is 0 Å². The van der Waals surface area contributed by atoms with E-state index in [1.54, 1.807) is 0 Å². The molecule has 0 spiro atoms. The summed E-state index contributed by atoms with van der Waals surface area (Å²) in [7, 11) is 0. The van der Waals surface area contributed by atoms with E-state index in [4.69, 9.17) is 42.6 Å². The van der Waals surface area contributed by atoms with Gasteiger partial charge in [-0.3, -0.25) is 0 Å². The molecule has 5 aliphatic rings. The van der Waals surface area contributed by atoms with Gasteiger partial charge in [-0.1, -0.05) is 0 Å². The van der Waals surface area contributed by atoms with E-state index >= 15 is 0 Å². The summed E-state index contributed by atoms with van der Waals surface area (Å²) in [6, 6.07) is 0. The summed E-state index contributed by atoms with van der Waals surface area (Å²) in [6.07, 6.45) is -45.1. The van der Waals surface area contributed by atoms with Crippen molar-refractivity contribution < 1.29 is 129 Å². The fourth-order valence-corrected chi connectivity index (χ4v) is 6.91. The second-order valence-corrected chi connectivity index (χ2v) is 14.0. The van der Waals surface area contributed by atoms with Crippen molar-refractivity contribution in [2.75, 3.05) is 33.0 Å². The lowest BCUT2D eigenvalue weighted by Crippen LogP contribution is -2.66. The van der Waals surface area contributed by atoms with Gasteiger partial charge in [0.15, 0.2) is 31.5 Å². The van der Waals surface area contributed by atoms with Gasteiger partial charge < -0.3 is 129 Å². The van der Waals surface area contributed by atoms with Crippen LogP contribution in [0.1, 0.15) is 0 Å². The number of aliphatic hydroxyl groups is 17. The highest BCUT2D eigenvalue weighted by Gasteiger charge is 2.55. The molecule has 5 saturated heterocycles. The van der Waals surface area contributed by atoms with Crippen LogP contribution in [0, 0.1) is 0 Å². The Hall–Kier alpha value is -1.04. The van der Waals surface area contributed by atoms with Crippen molar-refractivity contribution in [2.45, 2.75) is 154 Å². The molecule has 0 radical (unpaired) electrons. The molecule has 5 aliphatic heterocycles. The van der Waals surface area contributed by atoms with Gasteiger partial charge in [-0.15, -0.1) is 0 Å². The number of hydrogen-bond donors (Lipinski definition) is 17. The van der Waals surface area contributed by atoms with Crippen LogP contribution < -0.4 is 0 Å². The van der Waals surface area contributed by atoms with Crippen molar-refractivity contribution in [1.82, 2.24) is 0 Å². The highest BCUT2D eigenvalue weighted by molar-refractivity contribution is 4.97. The second kappa shape index (κ2) is 19.6. The summed E-state index contributed by atoms with van der Waals surface area (Å²) >= 11 is 0. The predicted octanol–water partition coefficient (Wildman–Crippen LogP) is -11.9.